The second-order valence-corrected chi connectivity index (χ2v) is 7.68. The highest BCUT2D eigenvalue weighted by atomic mass is 79.9. The highest BCUT2D eigenvalue weighted by Gasteiger charge is 2.25. The molecule has 24 heavy (non-hydrogen) atoms. The fraction of sp³-hybridized carbons (Fsp3) is 0.632. The number of rotatable bonds is 8. The monoisotopic (exact) mass is 396 g/mol. The molecule has 1 aromatic rings. The molecule has 2 rings (SSSR count). The number of hydrogen-bond donors (Lipinski definition) is 1. The Bertz CT molecular complexity index is 505. The number of nitrogens with zero attached hydrogens (tertiary/aromatic N) is 1. The quantitative estimate of drug-likeness (QED) is 0.682. The van der Waals surface area contributed by atoms with Crippen molar-refractivity contribution in [1.29, 1.82) is 0 Å². The molecule has 1 saturated heterocycles. The van der Waals surface area contributed by atoms with Gasteiger partial charge in [0.25, 0.3) is 0 Å². The minimum absolute atomic E-state index is 0.111. The summed E-state index contributed by atoms with van der Waals surface area (Å²) in [5.41, 5.74) is 1.30. The first kappa shape index (κ1) is 19.4. The fourth-order valence-corrected chi connectivity index (χ4v) is 3.27. The van der Waals surface area contributed by atoms with E-state index >= 15 is 0 Å². The minimum Gasteiger partial charge on any atom is -0.379 e. The molecule has 1 N–H and O–H groups in total. The lowest BCUT2D eigenvalue weighted by atomic mass is 9.96. The predicted molar refractivity (Wildman–Crippen MR) is 101 cm³/mol. The number of amides is 1. The normalized spacial score (nSPS) is 18.8. The molecular formula is C19H29BrN2O2. The molecule has 4 nitrogen and oxygen atoms in total. The van der Waals surface area contributed by atoms with Gasteiger partial charge in [0, 0.05) is 30.7 Å². The summed E-state index contributed by atoms with van der Waals surface area (Å²) in [7, 11) is 0. The van der Waals surface area contributed by atoms with Crippen molar-refractivity contribution in [2.45, 2.75) is 45.8 Å². The number of carbonyl (C=O) groups excluding carboxylic acids is 1. The number of halogens is 1. The summed E-state index contributed by atoms with van der Waals surface area (Å²) >= 11 is 3.47. The Labute approximate surface area is 154 Å². The zero-order valence-electron chi connectivity index (χ0n) is 14.8. The van der Waals surface area contributed by atoms with Crippen LogP contribution in [0.3, 0.4) is 0 Å². The van der Waals surface area contributed by atoms with Gasteiger partial charge in [-0.1, -0.05) is 28.1 Å². The van der Waals surface area contributed by atoms with Crippen LogP contribution in [0.1, 0.15) is 38.7 Å². The zero-order valence-corrected chi connectivity index (χ0v) is 16.3. The Balaban J connectivity index is 1.71. The van der Waals surface area contributed by atoms with E-state index in [1.807, 2.05) is 13.8 Å². The smallest absolute Gasteiger partial charge is 0.224 e. The van der Waals surface area contributed by atoms with E-state index < -0.39 is 0 Å². The van der Waals surface area contributed by atoms with Crippen LogP contribution in [0.2, 0.25) is 0 Å². The molecule has 1 unspecified atom stereocenters. The van der Waals surface area contributed by atoms with Crippen molar-refractivity contribution < 1.29 is 9.53 Å². The summed E-state index contributed by atoms with van der Waals surface area (Å²) in [4.78, 5) is 14.7. The number of nitrogens with one attached hydrogen (secondary N) is 1. The van der Waals surface area contributed by atoms with Gasteiger partial charge in [-0.05, 0) is 57.4 Å². The Hall–Kier alpha value is -0.910. The molecule has 0 saturated carbocycles. The lowest BCUT2D eigenvalue weighted by molar-refractivity contribution is -0.126. The van der Waals surface area contributed by atoms with E-state index in [0.29, 0.717) is 13.2 Å². The largest absolute Gasteiger partial charge is 0.379 e. The average Bonchev–Trinajstić information content (AvgIpc) is 2.56. The summed E-state index contributed by atoms with van der Waals surface area (Å²) in [6, 6.07) is 8.43. The third-order valence-corrected chi connectivity index (χ3v) is 4.80. The SMILES string of the molecule is CC(C)OCCCNC(=O)C1CCCN(Cc2ccc(Br)cc2)C1. The topological polar surface area (TPSA) is 41.6 Å². The third kappa shape index (κ3) is 6.91. The van der Waals surface area contributed by atoms with Crippen LogP contribution in [0, 0.1) is 5.92 Å². The summed E-state index contributed by atoms with van der Waals surface area (Å²) in [5, 5.41) is 3.07. The number of carbonyl (C=O) groups is 1. The van der Waals surface area contributed by atoms with Gasteiger partial charge in [-0.2, -0.15) is 0 Å². The Kier molecular flexibility index (Phi) is 8.22. The first-order valence-corrected chi connectivity index (χ1v) is 9.70. The van der Waals surface area contributed by atoms with E-state index in [0.717, 1.165) is 43.4 Å². The first-order valence-electron chi connectivity index (χ1n) is 8.90. The number of hydrogen-bond acceptors (Lipinski definition) is 3. The standard InChI is InChI=1S/C19H29BrN2O2/c1-15(2)24-12-4-10-21-19(23)17-5-3-11-22(14-17)13-16-6-8-18(20)9-7-16/h6-9,15,17H,3-5,10-14H2,1-2H3,(H,21,23). The molecule has 0 aliphatic carbocycles. The van der Waals surface area contributed by atoms with Crippen LogP contribution in [-0.4, -0.2) is 43.2 Å². The van der Waals surface area contributed by atoms with Crippen LogP contribution < -0.4 is 5.32 Å². The van der Waals surface area contributed by atoms with Crippen LogP contribution >= 0.6 is 15.9 Å². The van der Waals surface area contributed by atoms with Crippen molar-refractivity contribution in [3.8, 4) is 0 Å². The molecule has 1 aromatic carbocycles. The molecule has 0 radical (unpaired) electrons. The molecule has 1 aliphatic heterocycles. The molecule has 1 heterocycles. The van der Waals surface area contributed by atoms with E-state index in [9.17, 15) is 4.79 Å². The molecule has 134 valence electrons. The van der Waals surface area contributed by atoms with Gasteiger partial charge in [0.15, 0.2) is 0 Å². The molecule has 1 aliphatic rings. The average molecular weight is 397 g/mol. The molecule has 5 heteroatoms. The maximum absolute atomic E-state index is 12.4. The van der Waals surface area contributed by atoms with Crippen LogP contribution in [0.25, 0.3) is 0 Å². The number of ether oxygens (including phenoxy) is 1. The number of piperidine rings is 1. The minimum atomic E-state index is 0.111. The summed E-state index contributed by atoms with van der Waals surface area (Å²) in [5.74, 6) is 0.306. The fourth-order valence-electron chi connectivity index (χ4n) is 3.01. The highest BCUT2D eigenvalue weighted by molar-refractivity contribution is 9.10. The molecular weight excluding hydrogens is 368 g/mol. The Morgan fingerprint density at radius 1 is 1.38 bits per heavy atom. The van der Waals surface area contributed by atoms with Crippen molar-refractivity contribution in [1.82, 2.24) is 10.2 Å². The lowest BCUT2D eigenvalue weighted by Crippen LogP contribution is -2.43. The maximum atomic E-state index is 12.4. The number of likely N-dealkylation sites (tertiary alicyclic amines) is 1. The Morgan fingerprint density at radius 2 is 2.12 bits per heavy atom. The van der Waals surface area contributed by atoms with Crippen LogP contribution in [-0.2, 0) is 16.1 Å². The van der Waals surface area contributed by atoms with Crippen molar-refractivity contribution >= 4 is 21.8 Å². The van der Waals surface area contributed by atoms with Gasteiger partial charge in [-0.15, -0.1) is 0 Å². The second-order valence-electron chi connectivity index (χ2n) is 6.76. The van der Waals surface area contributed by atoms with Gasteiger partial charge in [0.1, 0.15) is 0 Å². The second kappa shape index (κ2) is 10.2. The molecule has 0 aromatic heterocycles. The molecule has 1 atom stereocenters. The van der Waals surface area contributed by atoms with Crippen molar-refractivity contribution in [3.05, 3.63) is 34.3 Å². The van der Waals surface area contributed by atoms with Gasteiger partial charge in [0.05, 0.1) is 12.0 Å². The van der Waals surface area contributed by atoms with E-state index in [-0.39, 0.29) is 17.9 Å². The van der Waals surface area contributed by atoms with Gasteiger partial charge >= 0.3 is 0 Å². The predicted octanol–water partition coefficient (Wildman–Crippen LogP) is 3.59. The van der Waals surface area contributed by atoms with Crippen molar-refractivity contribution in [2.75, 3.05) is 26.2 Å². The molecule has 1 fully saturated rings. The summed E-state index contributed by atoms with van der Waals surface area (Å²) < 4.78 is 6.60. The van der Waals surface area contributed by atoms with Gasteiger partial charge in [-0.25, -0.2) is 0 Å². The van der Waals surface area contributed by atoms with Crippen LogP contribution in [0.15, 0.2) is 28.7 Å². The van der Waals surface area contributed by atoms with E-state index in [4.69, 9.17) is 4.74 Å². The third-order valence-electron chi connectivity index (χ3n) is 4.27. The summed E-state index contributed by atoms with van der Waals surface area (Å²) in [6.45, 7) is 8.31. The molecule has 1 amide bonds. The van der Waals surface area contributed by atoms with E-state index in [1.54, 1.807) is 0 Å². The lowest BCUT2D eigenvalue weighted by Gasteiger charge is -2.32. The van der Waals surface area contributed by atoms with Crippen LogP contribution in [0.5, 0.6) is 0 Å². The van der Waals surface area contributed by atoms with E-state index in [2.05, 4.69) is 50.4 Å². The van der Waals surface area contributed by atoms with Crippen molar-refractivity contribution in [3.63, 3.8) is 0 Å². The van der Waals surface area contributed by atoms with Crippen LogP contribution in [0.4, 0.5) is 0 Å². The van der Waals surface area contributed by atoms with E-state index in [1.165, 1.54) is 5.56 Å². The first-order chi connectivity index (χ1) is 11.5. The van der Waals surface area contributed by atoms with Gasteiger partial charge < -0.3 is 10.1 Å². The molecule has 0 bridgehead atoms. The van der Waals surface area contributed by atoms with Crippen molar-refractivity contribution in [2.24, 2.45) is 5.92 Å². The zero-order chi connectivity index (χ0) is 17.4. The van der Waals surface area contributed by atoms with Gasteiger partial charge in [-0.3, -0.25) is 9.69 Å². The number of benzene rings is 1. The van der Waals surface area contributed by atoms with Gasteiger partial charge in [0.2, 0.25) is 5.91 Å². The molecule has 0 spiro atoms. The maximum Gasteiger partial charge on any atom is 0.224 e. The Morgan fingerprint density at radius 3 is 2.83 bits per heavy atom. The summed E-state index contributed by atoms with van der Waals surface area (Å²) in [6.07, 6.45) is 3.21. The highest BCUT2D eigenvalue weighted by Crippen LogP contribution is 2.19.